The third kappa shape index (κ3) is 2.84. The molecule has 1 aliphatic carbocycles. The van der Waals surface area contributed by atoms with Crippen molar-refractivity contribution in [1.82, 2.24) is 0 Å². The van der Waals surface area contributed by atoms with Crippen LogP contribution in [0.15, 0.2) is 29.0 Å². The number of oxime groups is 1. The van der Waals surface area contributed by atoms with Crippen molar-refractivity contribution < 1.29 is 9.60 Å². The number of amidine groups is 1. The number of nitrogens with two attached hydrogens (primary N) is 1. The van der Waals surface area contributed by atoms with Gasteiger partial charge in [-0.3, -0.25) is 0 Å². The van der Waals surface area contributed by atoms with Crippen LogP contribution in [-0.4, -0.2) is 15.6 Å². The molecule has 0 aromatic carbocycles. The second-order valence-electron chi connectivity index (χ2n) is 2.78. The first-order chi connectivity index (χ1) is 6.05. The van der Waals surface area contributed by atoms with Gasteiger partial charge in [-0.25, -0.2) is 4.39 Å². The minimum Gasteiger partial charge on any atom is -0.409 e. The Hall–Kier alpha value is -0.840. The largest absolute Gasteiger partial charge is 0.409 e. The molecule has 0 amide bonds. The highest BCUT2D eigenvalue weighted by Gasteiger charge is 2.22. The summed E-state index contributed by atoms with van der Waals surface area (Å²) >= 11 is 2.91. The molecule has 0 fully saturated rings. The number of allylic oxidation sites excluding steroid dienone is 2. The van der Waals surface area contributed by atoms with E-state index in [2.05, 4.69) is 21.1 Å². The average Bonchev–Trinajstić information content (AvgIpc) is 2.25. The van der Waals surface area contributed by atoms with Gasteiger partial charge in [0.05, 0.1) is 0 Å². The number of hydrogen-bond acceptors (Lipinski definition) is 2. The number of hydrogen-bond donors (Lipinski definition) is 2. The van der Waals surface area contributed by atoms with Crippen molar-refractivity contribution in [1.29, 1.82) is 0 Å². The number of nitrogens with zero attached hydrogens (tertiary/aromatic N) is 1. The summed E-state index contributed by atoms with van der Waals surface area (Å²) in [5.41, 5.74) is 5.89. The fraction of sp³-hybridized carbons (Fsp3) is 0.375. The van der Waals surface area contributed by atoms with Crippen LogP contribution in [0, 0.1) is 0 Å². The molecule has 0 saturated heterocycles. The lowest BCUT2D eigenvalue weighted by Gasteiger charge is -2.09. The Kier molecular flexibility index (Phi) is 3.08. The molecule has 0 radical (unpaired) electrons. The van der Waals surface area contributed by atoms with Gasteiger partial charge < -0.3 is 10.9 Å². The lowest BCUT2D eigenvalue weighted by Crippen LogP contribution is -2.13. The van der Waals surface area contributed by atoms with Crippen molar-refractivity contribution in [3.63, 3.8) is 0 Å². The predicted molar refractivity (Wildman–Crippen MR) is 52.6 cm³/mol. The second-order valence-corrected chi connectivity index (χ2v) is 4.10. The van der Waals surface area contributed by atoms with Crippen LogP contribution in [-0.2, 0) is 0 Å². The van der Waals surface area contributed by atoms with Gasteiger partial charge in [-0.15, -0.1) is 0 Å². The van der Waals surface area contributed by atoms with Gasteiger partial charge in [-0.1, -0.05) is 17.3 Å². The highest BCUT2D eigenvalue weighted by molar-refractivity contribution is 9.10. The van der Waals surface area contributed by atoms with Gasteiger partial charge in [-0.05, 0) is 34.8 Å². The molecule has 0 heterocycles. The van der Waals surface area contributed by atoms with Crippen LogP contribution in [0.25, 0.3) is 0 Å². The summed E-state index contributed by atoms with van der Waals surface area (Å²) in [5.74, 6) is 0.00134. The number of alkyl halides is 2. The minimum absolute atomic E-state index is 0.00134. The zero-order valence-corrected chi connectivity index (χ0v) is 8.46. The zero-order valence-electron chi connectivity index (χ0n) is 6.87. The first-order valence-electron chi connectivity index (χ1n) is 3.80. The van der Waals surface area contributed by atoms with E-state index in [4.69, 9.17) is 10.9 Å². The highest BCUT2D eigenvalue weighted by atomic mass is 79.9. The molecule has 0 bridgehead atoms. The molecular formula is C8H10BrFN2O. The van der Waals surface area contributed by atoms with Gasteiger partial charge >= 0.3 is 0 Å². The molecule has 5 heteroatoms. The summed E-state index contributed by atoms with van der Waals surface area (Å²) in [5, 5.41) is 11.2. The molecule has 0 aromatic heterocycles. The minimum atomic E-state index is -1.49. The van der Waals surface area contributed by atoms with Crippen LogP contribution >= 0.6 is 15.9 Å². The van der Waals surface area contributed by atoms with Crippen LogP contribution in [0.3, 0.4) is 0 Å². The first kappa shape index (κ1) is 10.2. The van der Waals surface area contributed by atoms with Crippen molar-refractivity contribution in [3.05, 3.63) is 23.8 Å². The van der Waals surface area contributed by atoms with E-state index in [1.807, 2.05) is 0 Å². The fourth-order valence-corrected chi connectivity index (χ4v) is 1.39. The molecule has 0 spiro atoms. The van der Waals surface area contributed by atoms with Gasteiger partial charge in [0, 0.05) is 5.57 Å². The zero-order chi connectivity index (χ0) is 9.90. The van der Waals surface area contributed by atoms with Crippen LogP contribution in [0.4, 0.5) is 4.39 Å². The van der Waals surface area contributed by atoms with Gasteiger partial charge in [0.2, 0.25) is 0 Å². The summed E-state index contributed by atoms with van der Waals surface area (Å²) in [6.07, 6.45) is 5.46. The van der Waals surface area contributed by atoms with Crippen LogP contribution < -0.4 is 5.73 Å². The smallest absolute Gasteiger partial charge is 0.183 e. The molecule has 1 aliphatic rings. The van der Waals surface area contributed by atoms with Gasteiger partial charge in [0.15, 0.2) is 10.4 Å². The normalized spacial score (nSPS) is 29.7. The van der Waals surface area contributed by atoms with Gasteiger partial charge in [0.1, 0.15) is 0 Å². The maximum Gasteiger partial charge on any atom is 0.183 e. The van der Waals surface area contributed by atoms with E-state index < -0.39 is 4.58 Å². The third-order valence-electron chi connectivity index (χ3n) is 1.75. The van der Waals surface area contributed by atoms with Crippen molar-refractivity contribution >= 4 is 21.8 Å². The molecule has 3 N–H and O–H groups in total. The van der Waals surface area contributed by atoms with Crippen LogP contribution in [0.1, 0.15) is 12.8 Å². The van der Waals surface area contributed by atoms with Crippen molar-refractivity contribution in [3.8, 4) is 0 Å². The van der Waals surface area contributed by atoms with E-state index in [0.29, 0.717) is 18.4 Å². The molecule has 13 heavy (non-hydrogen) atoms. The molecule has 1 atom stereocenters. The molecule has 72 valence electrons. The summed E-state index contributed by atoms with van der Waals surface area (Å²) in [6, 6.07) is 0. The summed E-state index contributed by atoms with van der Waals surface area (Å²) in [6.45, 7) is 0. The summed E-state index contributed by atoms with van der Waals surface area (Å²) in [7, 11) is 0. The molecule has 1 unspecified atom stereocenters. The average molecular weight is 249 g/mol. The standard InChI is InChI=1S/C8H10BrFN2O/c9-8(10)4-1-2-6(3-5-8)7(11)12-13/h2-3,5,13H,1,4H2,(H2,11,12). The topological polar surface area (TPSA) is 58.6 Å². The number of rotatable bonds is 1. The quantitative estimate of drug-likeness (QED) is 0.246. The Labute approximate surface area is 83.9 Å². The lowest BCUT2D eigenvalue weighted by atomic mass is 10.2. The lowest BCUT2D eigenvalue weighted by molar-refractivity contribution is 0.318. The van der Waals surface area contributed by atoms with Gasteiger partial charge in [-0.2, -0.15) is 0 Å². The SMILES string of the molecule is N/C(=N\O)C1=CCCC(F)(Br)C=C1. The Morgan fingerprint density at radius 2 is 2.46 bits per heavy atom. The van der Waals surface area contributed by atoms with E-state index in [-0.39, 0.29) is 5.84 Å². The van der Waals surface area contributed by atoms with E-state index >= 15 is 0 Å². The number of halogens is 2. The van der Waals surface area contributed by atoms with E-state index in [9.17, 15) is 4.39 Å². The maximum absolute atomic E-state index is 13.3. The molecule has 0 aliphatic heterocycles. The van der Waals surface area contributed by atoms with E-state index in [1.165, 1.54) is 12.2 Å². The molecule has 0 aromatic rings. The van der Waals surface area contributed by atoms with Crippen molar-refractivity contribution in [2.24, 2.45) is 10.9 Å². The Morgan fingerprint density at radius 1 is 1.77 bits per heavy atom. The fourth-order valence-electron chi connectivity index (χ4n) is 1.03. The predicted octanol–water partition coefficient (Wildman–Crippen LogP) is 2.07. The highest BCUT2D eigenvalue weighted by Crippen LogP contribution is 2.30. The Balaban J connectivity index is 2.85. The van der Waals surface area contributed by atoms with Gasteiger partial charge in [0.25, 0.3) is 0 Å². The molecule has 3 nitrogen and oxygen atoms in total. The summed E-state index contributed by atoms with van der Waals surface area (Å²) in [4.78, 5) is 0. The maximum atomic E-state index is 13.3. The Morgan fingerprint density at radius 3 is 3.08 bits per heavy atom. The Bertz CT molecular complexity index is 284. The van der Waals surface area contributed by atoms with Crippen molar-refractivity contribution in [2.45, 2.75) is 17.4 Å². The second kappa shape index (κ2) is 3.91. The van der Waals surface area contributed by atoms with Crippen LogP contribution in [0.5, 0.6) is 0 Å². The van der Waals surface area contributed by atoms with E-state index in [1.54, 1.807) is 6.08 Å². The van der Waals surface area contributed by atoms with E-state index in [0.717, 1.165) is 0 Å². The molecule has 1 rings (SSSR count). The monoisotopic (exact) mass is 248 g/mol. The first-order valence-corrected chi connectivity index (χ1v) is 4.59. The third-order valence-corrected chi connectivity index (χ3v) is 2.41. The van der Waals surface area contributed by atoms with Crippen molar-refractivity contribution in [2.75, 3.05) is 0 Å². The molecule has 0 saturated carbocycles. The molecular weight excluding hydrogens is 239 g/mol. The summed E-state index contributed by atoms with van der Waals surface area (Å²) < 4.78 is 11.8. The van der Waals surface area contributed by atoms with Crippen LogP contribution in [0.2, 0.25) is 0 Å².